The maximum Gasteiger partial charge on any atom is 0.341 e. The second kappa shape index (κ2) is 6.85. The fraction of sp³-hybridized carbons (Fsp3) is 0.235. The Kier molecular flexibility index (Phi) is 4.75. The number of hydrogen-bond acceptors (Lipinski definition) is 6. The molecule has 0 saturated heterocycles. The van der Waals surface area contributed by atoms with Gasteiger partial charge in [0.15, 0.2) is 5.75 Å². The molecule has 0 aliphatic carbocycles. The van der Waals surface area contributed by atoms with E-state index < -0.39 is 28.5 Å². The van der Waals surface area contributed by atoms with Crippen LogP contribution < -0.4 is 10.7 Å². The van der Waals surface area contributed by atoms with E-state index in [2.05, 4.69) is 10.3 Å². The Hall–Kier alpha value is -2.78. The molecule has 3 N–H and O–H groups in total. The molecule has 136 valence electrons. The summed E-state index contributed by atoms with van der Waals surface area (Å²) in [4.78, 5) is 28.0. The lowest BCUT2D eigenvalue weighted by molar-refractivity contribution is 0.0695. The summed E-state index contributed by atoms with van der Waals surface area (Å²) in [7, 11) is 1.76. The van der Waals surface area contributed by atoms with Crippen molar-refractivity contribution in [3.8, 4) is 17.0 Å². The van der Waals surface area contributed by atoms with Gasteiger partial charge < -0.3 is 20.1 Å². The number of nitrogens with one attached hydrogen (secondary N) is 1. The predicted octanol–water partition coefficient (Wildman–Crippen LogP) is 2.41. The summed E-state index contributed by atoms with van der Waals surface area (Å²) in [5, 5.41) is 25.0. The van der Waals surface area contributed by atoms with Gasteiger partial charge in [-0.3, -0.25) is 4.79 Å². The van der Waals surface area contributed by atoms with Crippen LogP contribution in [0.1, 0.15) is 22.3 Å². The highest BCUT2D eigenvalue weighted by Gasteiger charge is 2.23. The third-order valence-electron chi connectivity index (χ3n) is 3.99. The van der Waals surface area contributed by atoms with E-state index in [9.17, 15) is 24.2 Å². The van der Waals surface area contributed by atoms with Crippen molar-refractivity contribution in [1.29, 1.82) is 0 Å². The largest absolute Gasteiger partial charge is 0.505 e. The first-order chi connectivity index (χ1) is 12.4. The van der Waals surface area contributed by atoms with Crippen LogP contribution in [0.4, 0.5) is 4.39 Å². The molecule has 3 rings (SSSR count). The second-order valence-electron chi connectivity index (χ2n) is 5.60. The van der Waals surface area contributed by atoms with Gasteiger partial charge in [0.25, 0.3) is 0 Å². The first-order valence-corrected chi connectivity index (χ1v) is 8.68. The molecule has 9 heteroatoms. The van der Waals surface area contributed by atoms with E-state index in [4.69, 9.17) is 0 Å². The van der Waals surface area contributed by atoms with Crippen LogP contribution in [0, 0.1) is 5.82 Å². The van der Waals surface area contributed by atoms with Crippen molar-refractivity contribution in [3.05, 3.63) is 44.3 Å². The Bertz CT molecular complexity index is 1070. The first-order valence-electron chi connectivity index (χ1n) is 7.80. The Morgan fingerprint density at radius 3 is 2.81 bits per heavy atom. The van der Waals surface area contributed by atoms with Crippen molar-refractivity contribution in [3.63, 3.8) is 0 Å². The van der Waals surface area contributed by atoms with Crippen molar-refractivity contribution in [2.75, 3.05) is 7.05 Å². The number of benzene rings is 1. The van der Waals surface area contributed by atoms with Gasteiger partial charge in [-0.1, -0.05) is 0 Å². The lowest BCUT2D eigenvalue weighted by atomic mass is 10.0. The van der Waals surface area contributed by atoms with Crippen molar-refractivity contribution >= 4 is 28.2 Å². The fourth-order valence-electron chi connectivity index (χ4n) is 2.82. The highest BCUT2D eigenvalue weighted by molar-refractivity contribution is 7.09. The molecular weight excluding hydrogens is 361 g/mol. The number of aromatic carboxylic acids is 1. The SMILES string of the molecule is CCn1cc(C(=O)O)c(=O)c2cc(F)c(-c3csc(CNC)n3)c(O)c21. The molecule has 0 atom stereocenters. The van der Waals surface area contributed by atoms with Crippen LogP contribution in [0.5, 0.6) is 5.75 Å². The third-order valence-corrected chi connectivity index (χ3v) is 4.84. The molecule has 0 saturated carbocycles. The van der Waals surface area contributed by atoms with Crippen LogP contribution >= 0.6 is 11.3 Å². The van der Waals surface area contributed by atoms with Crippen LogP contribution in [-0.4, -0.2) is 32.8 Å². The Morgan fingerprint density at radius 1 is 1.46 bits per heavy atom. The number of aromatic hydroxyl groups is 1. The van der Waals surface area contributed by atoms with E-state index in [1.807, 2.05) is 0 Å². The number of carbonyl (C=O) groups is 1. The quantitative estimate of drug-likeness (QED) is 0.631. The van der Waals surface area contributed by atoms with E-state index in [-0.39, 0.29) is 28.7 Å². The lowest BCUT2D eigenvalue weighted by Crippen LogP contribution is -2.19. The van der Waals surface area contributed by atoms with Crippen molar-refractivity contribution < 1.29 is 19.4 Å². The van der Waals surface area contributed by atoms with Crippen molar-refractivity contribution in [2.24, 2.45) is 0 Å². The lowest BCUT2D eigenvalue weighted by Gasteiger charge is -2.14. The molecule has 7 nitrogen and oxygen atoms in total. The minimum Gasteiger partial charge on any atom is -0.505 e. The van der Waals surface area contributed by atoms with Gasteiger partial charge in [0, 0.05) is 24.7 Å². The minimum atomic E-state index is -1.40. The molecular formula is C17H16FN3O4S. The number of fused-ring (bicyclic) bond motifs is 1. The summed E-state index contributed by atoms with van der Waals surface area (Å²) in [5.41, 5.74) is -1.08. The van der Waals surface area contributed by atoms with Crippen LogP contribution in [0.25, 0.3) is 22.2 Å². The Balaban J connectivity index is 2.35. The number of aryl methyl sites for hydroxylation is 1. The molecule has 0 aliphatic heterocycles. The topological polar surface area (TPSA) is 104 Å². The van der Waals surface area contributed by atoms with Crippen molar-refractivity contribution in [2.45, 2.75) is 20.0 Å². The number of halogens is 1. The standard InChI is InChI=1S/C17H16FN3O4S/c1-3-21-6-9(17(24)25)15(22)8-4-10(18)13(16(23)14(8)21)11-7-26-12(20-11)5-19-2/h4,6-7,19,23H,3,5H2,1-2H3,(H,24,25). The van der Waals surface area contributed by atoms with E-state index >= 15 is 0 Å². The summed E-state index contributed by atoms with van der Waals surface area (Å²) in [5.74, 6) is -2.67. The number of rotatable bonds is 5. The first kappa shape index (κ1) is 18.0. The molecule has 0 radical (unpaired) electrons. The van der Waals surface area contributed by atoms with E-state index in [1.54, 1.807) is 19.4 Å². The summed E-state index contributed by atoms with van der Waals surface area (Å²) in [6.45, 7) is 2.52. The van der Waals surface area contributed by atoms with Gasteiger partial charge in [-0.15, -0.1) is 11.3 Å². The number of hydrogen-bond donors (Lipinski definition) is 3. The average Bonchev–Trinajstić information content (AvgIpc) is 3.04. The summed E-state index contributed by atoms with van der Waals surface area (Å²) >= 11 is 1.31. The minimum absolute atomic E-state index is 0.0852. The molecule has 0 unspecified atom stereocenters. The monoisotopic (exact) mass is 377 g/mol. The zero-order chi connectivity index (χ0) is 19.0. The molecule has 0 aliphatic rings. The molecule has 2 aromatic heterocycles. The molecule has 0 spiro atoms. The van der Waals surface area contributed by atoms with E-state index in [1.165, 1.54) is 15.9 Å². The molecule has 26 heavy (non-hydrogen) atoms. The van der Waals surface area contributed by atoms with Gasteiger partial charge in [-0.2, -0.15) is 0 Å². The smallest absolute Gasteiger partial charge is 0.341 e. The molecule has 0 amide bonds. The second-order valence-corrected chi connectivity index (χ2v) is 6.54. The number of phenols is 1. The number of pyridine rings is 1. The van der Waals surface area contributed by atoms with E-state index in [0.29, 0.717) is 6.54 Å². The number of aromatic nitrogens is 2. The third kappa shape index (κ3) is 2.85. The maximum absolute atomic E-state index is 14.7. The number of carboxylic acids is 1. The van der Waals surface area contributed by atoms with Crippen LogP contribution in [0.2, 0.25) is 0 Å². The highest BCUT2D eigenvalue weighted by atomic mass is 32.1. The van der Waals surface area contributed by atoms with Gasteiger partial charge in [-0.25, -0.2) is 14.2 Å². The summed E-state index contributed by atoms with van der Waals surface area (Å²) < 4.78 is 16.1. The number of thiazole rings is 1. The fourth-order valence-corrected chi connectivity index (χ4v) is 3.61. The number of phenolic OH excluding ortho intramolecular Hbond substituents is 1. The van der Waals surface area contributed by atoms with Gasteiger partial charge in [-0.05, 0) is 20.0 Å². The highest BCUT2D eigenvalue weighted by Crippen LogP contribution is 2.38. The van der Waals surface area contributed by atoms with Gasteiger partial charge in [0.2, 0.25) is 5.43 Å². The summed E-state index contributed by atoms with van der Waals surface area (Å²) in [6, 6.07) is 0.961. The normalized spacial score (nSPS) is 11.2. The maximum atomic E-state index is 14.7. The molecule has 2 heterocycles. The zero-order valence-electron chi connectivity index (χ0n) is 14.0. The Morgan fingerprint density at radius 2 is 2.19 bits per heavy atom. The zero-order valence-corrected chi connectivity index (χ0v) is 14.9. The number of nitrogens with zero attached hydrogens (tertiary/aromatic N) is 2. The Labute approximate surface area is 151 Å². The number of carboxylic acid groups (broad SMARTS) is 1. The molecule has 1 aromatic carbocycles. The van der Waals surface area contributed by atoms with Gasteiger partial charge in [0.1, 0.15) is 16.4 Å². The van der Waals surface area contributed by atoms with E-state index in [0.717, 1.165) is 17.3 Å². The average molecular weight is 377 g/mol. The van der Waals surface area contributed by atoms with Crippen LogP contribution in [-0.2, 0) is 13.1 Å². The van der Waals surface area contributed by atoms with Crippen LogP contribution in [0.3, 0.4) is 0 Å². The predicted molar refractivity (Wildman–Crippen MR) is 96.3 cm³/mol. The van der Waals surface area contributed by atoms with Crippen molar-refractivity contribution in [1.82, 2.24) is 14.9 Å². The summed E-state index contributed by atoms with van der Waals surface area (Å²) in [6.07, 6.45) is 1.15. The van der Waals surface area contributed by atoms with Gasteiger partial charge in [0.05, 0.1) is 22.2 Å². The molecule has 0 fully saturated rings. The molecule has 3 aromatic rings. The molecule has 0 bridgehead atoms. The van der Waals surface area contributed by atoms with Gasteiger partial charge >= 0.3 is 5.97 Å². The van der Waals surface area contributed by atoms with Crippen LogP contribution in [0.15, 0.2) is 22.4 Å².